The third kappa shape index (κ3) is 3.90. The predicted molar refractivity (Wildman–Crippen MR) is 114 cm³/mol. The van der Waals surface area contributed by atoms with Gasteiger partial charge < -0.3 is 19.6 Å². The Morgan fingerprint density at radius 1 is 1.33 bits per heavy atom. The van der Waals surface area contributed by atoms with Gasteiger partial charge in [0.1, 0.15) is 0 Å². The van der Waals surface area contributed by atoms with Crippen molar-refractivity contribution in [3.63, 3.8) is 0 Å². The Morgan fingerprint density at radius 2 is 2.13 bits per heavy atom. The van der Waals surface area contributed by atoms with Gasteiger partial charge in [-0.1, -0.05) is 31.7 Å². The zero-order chi connectivity index (χ0) is 21.4. The number of fused-ring (bicyclic) bond motifs is 4. The first kappa shape index (κ1) is 20.7. The molecule has 2 bridgehead atoms. The van der Waals surface area contributed by atoms with Gasteiger partial charge in [-0.2, -0.15) is 4.98 Å². The number of aromatic nitrogens is 3. The molecule has 2 aliphatic heterocycles. The number of nitrogens with zero attached hydrogens (tertiary/aromatic N) is 3. The lowest BCUT2D eigenvalue weighted by atomic mass is 9.83. The molecule has 1 saturated heterocycles. The van der Waals surface area contributed by atoms with E-state index in [1.807, 2.05) is 29.4 Å². The molecule has 0 aromatic carbocycles. The van der Waals surface area contributed by atoms with Gasteiger partial charge in [-0.05, 0) is 30.7 Å². The van der Waals surface area contributed by atoms with Crippen LogP contribution in [-0.4, -0.2) is 49.3 Å². The van der Waals surface area contributed by atoms with Gasteiger partial charge in [0.2, 0.25) is 11.8 Å². The summed E-state index contributed by atoms with van der Waals surface area (Å²) in [5.74, 6) is 0.169. The molecule has 0 radical (unpaired) electrons. The molecule has 2 aliphatic rings. The molecule has 1 fully saturated rings. The Kier molecular flexibility index (Phi) is 5.73. The van der Waals surface area contributed by atoms with Gasteiger partial charge in [0, 0.05) is 37.3 Å². The summed E-state index contributed by atoms with van der Waals surface area (Å²) in [4.78, 5) is 45.8. The number of amides is 1. The van der Waals surface area contributed by atoms with Crippen LogP contribution in [0.4, 0.5) is 0 Å². The molecule has 30 heavy (non-hydrogen) atoms. The highest BCUT2D eigenvalue weighted by Gasteiger charge is 2.36. The standard InChI is InChI=1S/C21H26N4O4S/c1-3-12(2)18-19(28)22-21(23-20(18)29)30-11-17(27)24-8-13-7-14(10-24)15-5-4-6-16(26)25(15)9-13/h4-6,12-14H,3,7-11H2,1-2H3,(H2,22,23,28,29). The van der Waals surface area contributed by atoms with Crippen LogP contribution < -0.4 is 11.1 Å². The zero-order valence-electron chi connectivity index (χ0n) is 17.1. The van der Waals surface area contributed by atoms with Crippen LogP contribution in [0, 0.1) is 5.92 Å². The summed E-state index contributed by atoms with van der Waals surface area (Å²) in [6.45, 7) is 5.65. The molecular weight excluding hydrogens is 404 g/mol. The molecule has 3 unspecified atom stereocenters. The second kappa shape index (κ2) is 8.29. The Balaban J connectivity index is 1.43. The van der Waals surface area contributed by atoms with Crippen molar-refractivity contribution in [2.75, 3.05) is 18.8 Å². The number of likely N-dealkylation sites (tertiary alicyclic amines) is 1. The molecule has 160 valence electrons. The quantitative estimate of drug-likeness (QED) is 0.554. The molecule has 8 nitrogen and oxygen atoms in total. The number of carbonyl (C=O) groups is 1. The molecule has 4 heterocycles. The molecular formula is C21H26N4O4S. The number of thioether (sulfide) groups is 1. The van der Waals surface area contributed by atoms with Crippen molar-refractivity contribution in [2.45, 2.75) is 50.2 Å². The average molecular weight is 431 g/mol. The molecule has 2 aromatic rings. The number of piperidine rings is 1. The first-order valence-electron chi connectivity index (χ1n) is 10.3. The monoisotopic (exact) mass is 430 g/mol. The van der Waals surface area contributed by atoms with E-state index >= 15 is 0 Å². The van der Waals surface area contributed by atoms with E-state index in [0.29, 0.717) is 19.6 Å². The van der Waals surface area contributed by atoms with Gasteiger partial charge in [0.15, 0.2) is 5.16 Å². The van der Waals surface area contributed by atoms with Crippen LogP contribution in [-0.2, 0) is 11.3 Å². The summed E-state index contributed by atoms with van der Waals surface area (Å²) in [7, 11) is 0. The topological polar surface area (TPSA) is 108 Å². The molecule has 4 rings (SSSR count). The second-order valence-corrected chi connectivity index (χ2v) is 9.17. The van der Waals surface area contributed by atoms with Gasteiger partial charge in [-0.3, -0.25) is 14.4 Å². The smallest absolute Gasteiger partial charge is 0.258 e. The maximum absolute atomic E-state index is 12.8. The molecule has 2 N–H and O–H groups in total. The van der Waals surface area contributed by atoms with Crippen LogP contribution >= 0.6 is 11.8 Å². The number of hydrogen-bond donors (Lipinski definition) is 2. The van der Waals surface area contributed by atoms with E-state index in [9.17, 15) is 19.5 Å². The molecule has 0 aliphatic carbocycles. The summed E-state index contributed by atoms with van der Waals surface area (Å²) in [5.41, 5.74) is 0.945. The van der Waals surface area contributed by atoms with Gasteiger partial charge >= 0.3 is 0 Å². The molecule has 2 aromatic heterocycles. The predicted octanol–water partition coefficient (Wildman–Crippen LogP) is 1.89. The minimum absolute atomic E-state index is 0.0215. The Labute approximate surface area is 178 Å². The maximum Gasteiger partial charge on any atom is 0.258 e. The van der Waals surface area contributed by atoms with Crippen molar-refractivity contribution >= 4 is 17.7 Å². The van der Waals surface area contributed by atoms with E-state index in [4.69, 9.17) is 0 Å². The van der Waals surface area contributed by atoms with Crippen LogP contribution in [0.5, 0.6) is 5.88 Å². The van der Waals surface area contributed by atoms with Crippen molar-refractivity contribution < 1.29 is 9.90 Å². The Bertz CT molecular complexity index is 1080. The van der Waals surface area contributed by atoms with Gasteiger partial charge in [0.05, 0.1) is 11.3 Å². The fraction of sp³-hybridized carbons (Fsp3) is 0.524. The lowest BCUT2D eigenvalue weighted by Gasteiger charge is -2.42. The number of pyridine rings is 1. The SMILES string of the molecule is CCC(C)c1c(O)nc(SCC(=O)N2CC3CC(C2)c2cccc(=O)n2C3)[nH]c1=O. The third-order valence-electron chi connectivity index (χ3n) is 6.18. The van der Waals surface area contributed by atoms with Gasteiger partial charge in [-0.15, -0.1) is 0 Å². The number of rotatable bonds is 5. The summed E-state index contributed by atoms with van der Waals surface area (Å²) < 4.78 is 1.84. The van der Waals surface area contributed by atoms with Crippen molar-refractivity contribution in [2.24, 2.45) is 5.92 Å². The fourth-order valence-corrected chi connectivity index (χ4v) is 5.25. The number of H-pyrrole nitrogens is 1. The van der Waals surface area contributed by atoms with E-state index in [1.165, 1.54) is 0 Å². The first-order chi connectivity index (χ1) is 14.4. The van der Waals surface area contributed by atoms with Crippen molar-refractivity contribution in [3.05, 3.63) is 50.2 Å². The first-order valence-corrected chi connectivity index (χ1v) is 11.3. The summed E-state index contributed by atoms with van der Waals surface area (Å²) in [6.07, 6.45) is 1.70. The van der Waals surface area contributed by atoms with Crippen LogP contribution in [0.3, 0.4) is 0 Å². The van der Waals surface area contributed by atoms with Crippen LogP contribution in [0.2, 0.25) is 0 Å². The minimum atomic E-state index is -0.360. The second-order valence-electron chi connectivity index (χ2n) is 8.20. The van der Waals surface area contributed by atoms with E-state index < -0.39 is 0 Å². The van der Waals surface area contributed by atoms with Crippen LogP contribution in [0.1, 0.15) is 49.8 Å². The average Bonchev–Trinajstić information content (AvgIpc) is 2.72. The van der Waals surface area contributed by atoms with Crippen LogP contribution in [0.25, 0.3) is 0 Å². The number of hydrogen-bond acceptors (Lipinski definition) is 6. The van der Waals surface area contributed by atoms with Crippen molar-refractivity contribution in [3.8, 4) is 5.88 Å². The largest absolute Gasteiger partial charge is 0.493 e. The Morgan fingerprint density at radius 3 is 2.87 bits per heavy atom. The molecule has 1 amide bonds. The highest BCUT2D eigenvalue weighted by molar-refractivity contribution is 7.99. The summed E-state index contributed by atoms with van der Waals surface area (Å²) >= 11 is 1.12. The maximum atomic E-state index is 12.8. The van der Waals surface area contributed by atoms with Gasteiger partial charge in [0.25, 0.3) is 11.1 Å². The van der Waals surface area contributed by atoms with E-state index in [0.717, 1.165) is 30.3 Å². The van der Waals surface area contributed by atoms with Crippen molar-refractivity contribution in [1.82, 2.24) is 19.4 Å². The van der Waals surface area contributed by atoms with E-state index in [2.05, 4.69) is 9.97 Å². The number of aromatic amines is 1. The summed E-state index contributed by atoms with van der Waals surface area (Å²) in [6, 6.07) is 5.34. The normalized spacial score (nSPS) is 21.2. The number of nitrogens with one attached hydrogen (secondary N) is 1. The molecule has 9 heteroatoms. The third-order valence-corrected chi connectivity index (χ3v) is 7.04. The lowest BCUT2D eigenvalue weighted by Crippen LogP contribution is -2.49. The van der Waals surface area contributed by atoms with Crippen LogP contribution in [0.15, 0.2) is 32.9 Å². The Hall–Kier alpha value is -2.55. The van der Waals surface area contributed by atoms with E-state index in [1.54, 1.807) is 12.1 Å². The zero-order valence-corrected chi connectivity index (χ0v) is 17.9. The number of aromatic hydroxyl groups is 1. The molecule has 0 saturated carbocycles. The molecule has 3 atom stereocenters. The van der Waals surface area contributed by atoms with E-state index in [-0.39, 0.29) is 57.1 Å². The summed E-state index contributed by atoms with van der Waals surface area (Å²) in [5, 5.41) is 10.4. The lowest BCUT2D eigenvalue weighted by molar-refractivity contribution is -0.131. The highest BCUT2D eigenvalue weighted by Crippen LogP contribution is 2.35. The van der Waals surface area contributed by atoms with Crippen molar-refractivity contribution in [1.29, 1.82) is 0 Å². The van der Waals surface area contributed by atoms with Gasteiger partial charge in [-0.25, -0.2) is 0 Å². The minimum Gasteiger partial charge on any atom is -0.493 e. The number of carbonyl (C=O) groups excluding carboxylic acids is 1. The fourth-order valence-electron chi connectivity index (χ4n) is 4.49. The highest BCUT2D eigenvalue weighted by atomic mass is 32.2. The molecule has 0 spiro atoms.